The van der Waals surface area contributed by atoms with E-state index in [1.165, 1.54) is 18.2 Å². The first-order valence-electron chi connectivity index (χ1n) is 8.30. The molecule has 1 aromatic rings. The van der Waals surface area contributed by atoms with Crippen molar-refractivity contribution >= 4 is 22.0 Å². The molecule has 2 unspecified atom stereocenters. The minimum atomic E-state index is -3.85. The number of hydrogen-bond acceptors (Lipinski definition) is 7. The van der Waals surface area contributed by atoms with Crippen molar-refractivity contribution in [2.24, 2.45) is 5.92 Å². The van der Waals surface area contributed by atoms with E-state index >= 15 is 0 Å². The lowest BCUT2D eigenvalue weighted by molar-refractivity contribution is -0.149. The van der Waals surface area contributed by atoms with Crippen molar-refractivity contribution < 1.29 is 32.2 Å². The van der Waals surface area contributed by atoms with Gasteiger partial charge in [-0.2, -0.15) is 0 Å². The van der Waals surface area contributed by atoms with Gasteiger partial charge in [-0.1, -0.05) is 30.9 Å². The van der Waals surface area contributed by atoms with Crippen LogP contribution in [0.25, 0.3) is 0 Å². The third kappa shape index (κ3) is 4.85. The molecule has 0 bridgehead atoms. The standard InChI is InChI=1S/C18H22O7S/c1-3-14(25-18(20)23-4-2)10-13-11-16(17(19)24-12-13)26(21,22)15-8-6-5-7-9-15/h3,5-9,13-14,16H,1,4,10-12H2,2H3/t13-,14?,16?/m0/s1. The Morgan fingerprint density at radius 3 is 2.69 bits per heavy atom. The molecule has 0 aliphatic carbocycles. The highest BCUT2D eigenvalue weighted by molar-refractivity contribution is 7.92. The van der Waals surface area contributed by atoms with Crippen LogP contribution in [-0.2, 0) is 28.8 Å². The largest absolute Gasteiger partial charge is 0.508 e. The first-order chi connectivity index (χ1) is 12.4. The van der Waals surface area contributed by atoms with Gasteiger partial charge < -0.3 is 14.2 Å². The molecule has 1 aliphatic rings. The number of carbonyl (C=O) groups excluding carboxylic acids is 2. The molecule has 1 heterocycles. The van der Waals surface area contributed by atoms with Crippen LogP contribution in [0.2, 0.25) is 0 Å². The van der Waals surface area contributed by atoms with Crippen LogP contribution in [0.1, 0.15) is 19.8 Å². The van der Waals surface area contributed by atoms with E-state index in [0.717, 1.165) is 0 Å². The number of cyclic esters (lactones) is 1. The van der Waals surface area contributed by atoms with Gasteiger partial charge in [0.05, 0.1) is 18.1 Å². The fraction of sp³-hybridized carbons (Fsp3) is 0.444. The first-order valence-corrected chi connectivity index (χ1v) is 9.84. The lowest BCUT2D eigenvalue weighted by Gasteiger charge is -2.29. The summed E-state index contributed by atoms with van der Waals surface area (Å²) in [5.41, 5.74) is 0. The van der Waals surface area contributed by atoms with Gasteiger partial charge in [-0.25, -0.2) is 13.2 Å². The van der Waals surface area contributed by atoms with Crippen molar-refractivity contribution in [3.05, 3.63) is 43.0 Å². The molecule has 2 rings (SSSR count). The lowest BCUT2D eigenvalue weighted by atomic mass is 9.95. The van der Waals surface area contributed by atoms with Gasteiger partial charge in [0.2, 0.25) is 0 Å². The van der Waals surface area contributed by atoms with Gasteiger partial charge in [0.25, 0.3) is 0 Å². The van der Waals surface area contributed by atoms with E-state index in [2.05, 4.69) is 6.58 Å². The van der Waals surface area contributed by atoms with Gasteiger partial charge in [-0.05, 0) is 37.8 Å². The second-order valence-electron chi connectivity index (χ2n) is 5.89. The summed E-state index contributed by atoms with van der Waals surface area (Å²) in [6, 6.07) is 7.78. The van der Waals surface area contributed by atoms with E-state index in [4.69, 9.17) is 14.2 Å². The summed E-state index contributed by atoms with van der Waals surface area (Å²) in [7, 11) is -3.85. The number of esters is 1. The molecule has 0 saturated carbocycles. The van der Waals surface area contributed by atoms with Crippen LogP contribution >= 0.6 is 0 Å². The smallest absolute Gasteiger partial charge is 0.464 e. The van der Waals surface area contributed by atoms with E-state index in [9.17, 15) is 18.0 Å². The van der Waals surface area contributed by atoms with Crippen LogP contribution < -0.4 is 0 Å². The molecule has 0 aromatic heterocycles. The molecule has 3 atom stereocenters. The monoisotopic (exact) mass is 382 g/mol. The van der Waals surface area contributed by atoms with Crippen LogP contribution in [0.3, 0.4) is 0 Å². The molecule has 8 heteroatoms. The molecule has 0 amide bonds. The van der Waals surface area contributed by atoms with Crippen molar-refractivity contribution in [2.75, 3.05) is 13.2 Å². The fourth-order valence-corrected chi connectivity index (χ4v) is 4.46. The van der Waals surface area contributed by atoms with Crippen molar-refractivity contribution in [2.45, 2.75) is 36.0 Å². The topological polar surface area (TPSA) is 96.0 Å². The van der Waals surface area contributed by atoms with Crippen LogP contribution in [0.4, 0.5) is 4.79 Å². The zero-order valence-corrected chi connectivity index (χ0v) is 15.3. The molecule has 1 saturated heterocycles. The van der Waals surface area contributed by atoms with Gasteiger partial charge in [0.1, 0.15) is 6.10 Å². The van der Waals surface area contributed by atoms with Gasteiger partial charge in [-0.15, -0.1) is 0 Å². The van der Waals surface area contributed by atoms with E-state index in [0.29, 0.717) is 0 Å². The SMILES string of the molecule is C=CC(C[C@@H]1COC(=O)C(S(=O)(=O)c2ccccc2)C1)OC(=O)OCC. The molecule has 1 aliphatic heterocycles. The Morgan fingerprint density at radius 1 is 1.38 bits per heavy atom. The minimum Gasteiger partial charge on any atom is -0.464 e. The number of rotatable bonds is 7. The third-order valence-electron chi connectivity index (χ3n) is 4.06. The number of sulfone groups is 1. The van der Waals surface area contributed by atoms with Crippen LogP contribution in [-0.4, -0.2) is 45.1 Å². The highest BCUT2D eigenvalue weighted by Gasteiger charge is 2.41. The average Bonchev–Trinajstić information content (AvgIpc) is 2.63. The Bertz CT molecular complexity index is 742. The number of benzene rings is 1. The molecule has 0 spiro atoms. The first kappa shape index (κ1) is 20.0. The molecule has 142 valence electrons. The van der Waals surface area contributed by atoms with E-state index in [-0.39, 0.29) is 36.9 Å². The summed E-state index contributed by atoms with van der Waals surface area (Å²) >= 11 is 0. The van der Waals surface area contributed by atoms with Gasteiger partial charge in [-0.3, -0.25) is 4.79 Å². The Morgan fingerprint density at radius 2 is 2.08 bits per heavy atom. The summed E-state index contributed by atoms with van der Waals surface area (Å²) < 4.78 is 40.4. The van der Waals surface area contributed by atoms with Crippen LogP contribution in [0.5, 0.6) is 0 Å². The van der Waals surface area contributed by atoms with Gasteiger partial charge >= 0.3 is 12.1 Å². The van der Waals surface area contributed by atoms with Crippen molar-refractivity contribution in [1.29, 1.82) is 0 Å². The Hall–Kier alpha value is -2.35. The highest BCUT2D eigenvalue weighted by Crippen LogP contribution is 2.29. The zero-order chi connectivity index (χ0) is 19.2. The fourth-order valence-electron chi connectivity index (χ4n) is 2.75. The molecule has 7 nitrogen and oxygen atoms in total. The van der Waals surface area contributed by atoms with Crippen molar-refractivity contribution in [3.8, 4) is 0 Å². The maximum absolute atomic E-state index is 12.7. The van der Waals surface area contributed by atoms with E-state index in [1.54, 1.807) is 25.1 Å². The van der Waals surface area contributed by atoms with Crippen molar-refractivity contribution in [3.63, 3.8) is 0 Å². The third-order valence-corrected chi connectivity index (χ3v) is 6.12. The highest BCUT2D eigenvalue weighted by atomic mass is 32.2. The predicted octanol–water partition coefficient (Wildman–Crippen LogP) is 2.51. The molecular weight excluding hydrogens is 360 g/mol. The predicted molar refractivity (Wildman–Crippen MR) is 93.2 cm³/mol. The molecule has 0 N–H and O–H groups in total. The Labute approximate surface area is 152 Å². The quantitative estimate of drug-likeness (QED) is 0.528. The average molecular weight is 382 g/mol. The summed E-state index contributed by atoms with van der Waals surface area (Å²) in [5.74, 6) is -1.04. The lowest BCUT2D eigenvalue weighted by Crippen LogP contribution is -2.41. The summed E-state index contributed by atoms with van der Waals surface area (Å²) in [4.78, 5) is 23.6. The number of carbonyl (C=O) groups is 2. The summed E-state index contributed by atoms with van der Waals surface area (Å²) in [5, 5.41) is -1.28. The van der Waals surface area contributed by atoms with E-state index in [1.807, 2.05) is 0 Å². The van der Waals surface area contributed by atoms with Gasteiger partial charge in [0.15, 0.2) is 15.1 Å². The summed E-state index contributed by atoms with van der Waals surface area (Å²) in [6.45, 7) is 5.52. The van der Waals surface area contributed by atoms with Crippen LogP contribution in [0.15, 0.2) is 47.9 Å². The molecule has 26 heavy (non-hydrogen) atoms. The zero-order valence-electron chi connectivity index (χ0n) is 14.5. The van der Waals surface area contributed by atoms with Gasteiger partial charge in [0, 0.05) is 0 Å². The molecule has 1 fully saturated rings. The Kier molecular flexibility index (Phi) is 6.79. The number of ether oxygens (including phenoxy) is 3. The molecule has 1 aromatic carbocycles. The van der Waals surface area contributed by atoms with E-state index < -0.39 is 33.3 Å². The second-order valence-corrected chi connectivity index (χ2v) is 8.02. The number of hydrogen-bond donors (Lipinski definition) is 0. The second kappa shape index (κ2) is 8.84. The molecule has 0 radical (unpaired) electrons. The Balaban J connectivity index is 2.08. The maximum atomic E-state index is 12.7. The normalized spacial score (nSPS) is 21.3. The maximum Gasteiger partial charge on any atom is 0.508 e. The molecular formula is C18H22O7S. The van der Waals surface area contributed by atoms with Crippen LogP contribution in [0, 0.1) is 5.92 Å². The minimum absolute atomic E-state index is 0.0656. The summed E-state index contributed by atoms with van der Waals surface area (Å²) in [6.07, 6.45) is 0.339. The van der Waals surface area contributed by atoms with Crippen molar-refractivity contribution in [1.82, 2.24) is 0 Å².